The molecule has 1 aliphatic rings. The monoisotopic (exact) mass is 220 g/mol. The van der Waals surface area contributed by atoms with Gasteiger partial charge in [0.25, 0.3) is 0 Å². The Morgan fingerprint density at radius 3 is 2.44 bits per heavy atom. The molecule has 0 amide bonds. The van der Waals surface area contributed by atoms with Gasteiger partial charge < -0.3 is 9.47 Å². The molecule has 1 aromatic rings. The van der Waals surface area contributed by atoms with Gasteiger partial charge in [-0.05, 0) is 52.9 Å². The van der Waals surface area contributed by atoms with Gasteiger partial charge in [-0.3, -0.25) is 4.79 Å². The zero-order chi connectivity index (χ0) is 11.7. The van der Waals surface area contributed by atoms with Crippen molar-refractivity contribution in [2.75, 3.05) is 20.1 Å². The summed E-state index contributed by atoms with van der Waals surface area (Å²) in [5.41, 5.74) is 3.19. The summed E-state index contributed by atoms with van der Waals surface area (Å²) in [6.07, 6.45) is 3.34. The fourth-order valence-electron chi connectivity index (χ4n) is 2.74. The molecule has 0 saturated carbocycles. The zero-order valence-corrected chi connectivity index (χ0v) is 10.4. The molecule has 0 aromatic carbocycles. The van der Waals surface area contributed by atoms with E-state index >= 15 is 0 Å². The number of piperidine rings is 1. The third kappa shape index (κ3) is 1.92. The van der Waals surface area contributed by atoms with E-state index in [2.05, 4.69) is 30.4 Å². The molecule has 0 atom stereocenters. The molecule has 0 aliphatic carbocycles. The van der Waals surface area contributed by atoms with Crippen molar-refractivity contribution in [3.63, 3.8) is 0 Å². The van der Waals surface area contributed by atoms with Crippen LogP contribution in [0.15, 0.2) is 6.07 Å². The van der Waals surface area contributed by atoms with Gasteiger partial charge in [-0.15, -0.1) is 0 Å². The van der Waals surface area contributed by atoms with E-state index in [1.54, 1.807) is 0 Å². The van der Waals surface area contributed by atoms with Gasteiger partial charge in [0.15, 0.2) is 6.29 Å². The van der Waals surface area contributed by atoms with E-state index in [4.69, 9.17) is 0 Å². The molecular formula is C13H20N2O. The van der Waals surface area contributed by atoms with Gasteiger partial charge in [-0.2, -0.15) is 0 Å². The molecule has 0 spiro atoms. The van der Waals surface area contributed by atoms with E-state index in [1.165, 1.54) is 18.5 Å². The predicted octanol–water partition coefficient (Wildman–Crippen LogP) is 2.18. The number of hydrogen-bond donors (Lipinski definition) is 0. The highest BCUT2D eigenvalue weighted by molar-refractivity contribution is 5.77. The van der Waals surface area contributed by atoms with Crippen LogP contribution in [0.1, 0.15) is 40.6 Å². The Balaban J connectivity index is 2.26. The normalized spacial score (nSPS) is 18.9. The second-order valence-electron chi connectivity index (χ2n) is 4.85. The molecule has 16 heavy (non-hydrogen) atoms. The molecule has 3 nitrogen and oxygen atoms in total. The highest BCUT2D eigenvalue weighted by Crippen LogP contribution is 2.27. The Morgan fingerprint density at radius 1 is 1.31 bits per heavy atom. The number of rotatable bonds is 2. The smallest absolute Gasteiger partial charge is 0.151 e. The first-order valence-electron chi connectivity index (χ1n) is 5.95. The van der Waals surface area contributed by atoms with Gasteiger partial charge in [0.2, 0.25) is 0 Å². The van der Waals surface area contributed by atoms with Crippen molar-refractivity contribution < 1.29 is 4.79 Å². The van der Waals surface area contributed by atoms with Crippen LogP contribution < -0.4 is 0 Å². The molecule has 0 N–H and O–H groups in total. The molecule has 3 heteroatoms. The van der Waals surface area contributed by atoms with Crippen molar-refractivity contribution in [1.82, 2.24) is 9.47 Å². The number of aldehydes is 1. The second kappa shape index (κ2) is 4.42. The number of hydrogen-bond acceptors (Lipinski definition) is 2. The van der Waals surface area contributed by atoms with Gasteiger partial charge in [0.1, 0.15) is 0 Å². The van der Waals surface area contributed by atoms with E-state index in [0.717, 1.165) is 30.6 Å². The van der Waals surface area contributed by atoms with Crippen molar-refractivity contribution in [3.05, 3.63) is 23.0 Å². The van der Waals surface area contributed by atoms with Crippen molar-refractivity contribution >= 4 is 6.29 Å². The third-order valence-electron chi connectivity index (χ3n) is 3.70. The Hall–Kier alpha value is -1.09. The van der Waals surface area contributed by atoms with Crippen molar-refractivity contribution in [2.24, 2.45) is 0 Å². The lowest BCUT2D eigenvalue weighted by Crippen LogP contribution is -2.32. The number of carbonyl (C=O) groups excluding carboxylic acids is 1. The Kier molecular flexibility index (Phi) is 3.15. The molecule has 2 heterocycles. The van der Waals surface area contributed by atoms with Crippen LogP contribution in [0.5, 0.6) is 0 Å². The summed E-state index contributed by atoms with van der Waals surface area (Å²) in [4.78, 5) is 13.3. The van der Waals surface area contributed by atoms with Gasteiger partial charge in [-0.1, -0.05) is 0 Å². The van der Waals surface area contributed by atoms with Crippen LogP contribution in [0.2, 0.25) is 0 Å². The molecular weight excluding hydrogens is 200 g/mol. The molecule has 1 saturated heterocycles. The average molecular weight is 220 g/mol. The number of nitrogens with zero attached hydrogens (tertiary/aromatic N) is 2. The molecule has 0 bridgehead atoms. The lowest BCUT2D eigenvalue weighted by atomic mass is 10.0. The van der Waals surface area contributed by atoms with Gasteiger partial charge in [-0.25, -0.2) is 0 Å². The largest absolute Gasteiger partial charge is 0.345 e. The van der Waals surface area contributed by atoms with Crippen LogP contribution in [0.25, 0.3) is 0 Å². The molecule has 1 fully saturated rings. The van der Waals surface area contributed by atoms with E-state index in [0.29, 0.717) is 6.04 Å². The van der Waals surface area contributed by atoms with E-state index in [9.17, 15) is 4.79 Å². The Bertz CT molecular complexity index is 387. The minimum Gasteiger partial charge on any atom is -0.345 e. The minimum absolute atomic E-state index is 0.574. The van der Waals surface area contributed by atoms with E-state index < -0.39 is 0 Å². The molecule has 2 rings (SSSR count). The molecule has 0 unspecified atom stereocenters. The second-order valence-corrected chi connectivity index (χ2v) is 4.85. The molecule has 1 aliphatic heterocycles. The maximum absolute atomic E-state index is 10.9. The summed E-state index contributed by atoms with van der Waals surface area (Å²) in [5.74, 6) is 0. The standard InChI is InChI=1S/C13H20N2O/c1-10-8-12(9-16)11(2)15(10)13-4-6-14(3)7-5-13/h8-9,13H,4-7H2,1-3H3. The first-order chi connectivity index (χ1) is 7.63. The Labute approximate surface area is 97.1 Å². The fraction of sp³-hybridized carbons (Fsp3) is 0.615. The average Bonchev–Trinajstić information content (AvgIpc) is 2.56. The molecule has 0 radical (unpaired) electrons. The van der Waals surface area contributed by atoms with Crippen LogP contribution in [-0.4, -0.2) is 35.9 Å². The van der Waals surface area contributed by atoms with Crippen molar-refractivity contribution in [3.8, 4) is 0 Å². The maximum atomic E-state index is 10.9. The minimum atomic E-state index is 0.574. The number of carbonyl (C=O) groups is 1. The highest BCUT2D eigenvalue weighted by atomic mass is 16.1. The Morgan fingerprint density at radius 2 is 1.94 bits per heavy atom. The lowest BCUT2D eigenvalue weighted by Gasteiger charge is -2.31. The van der Waals surface area contributed by atoms with Crippen LogP contribution in [0.3, 0.4) is 0 Å². The summed E-state index contributed by atoms with van der Waals surface area (Å²) in [6.45, 7) is 6.45. The quantitative estimate of drug-likeness (QED) is 0.714. The van der Waals surface area contributed by atoms with Gasteiger partial charge in [0.05, 0.1) is 0 Å². The summed E-state index contributed by atoms with van der Waals surface area (Å²) >= 11 is 0. The summed E-state index contributed by atoms with van der Waals surface area (Å²) in [6, 6.07) is 2.57. The van der Waals surface area contributed by atoms with E-state index in [1.807, 2.05) is 6.07 Å². The number of aromatic nitrogens is 1. The van der Waals surface area contributed by atoms with E-state index in [-0.39, 0.29) is 0 Å². The van der Waals surface area contributed by atoms with Crippen LogP contribution >= 0.6 is 0 Å². The van der Waals surface area contributed by atoms with Crippen molar-refractivity contribution in [2.45, 2.75) is 32.7 Å². The first-order valence-corrected chi connectivity index (χ1v) is 5.95. The summed E-state index contributed by atoms with van der Waals surface area (Å²) in [7, 11) is 2.17. The van der Waals surface area contributed by atoms with Crippen LogP contribution in [0, 0.1) is 13.8 Å². The van der Waals surface area contributed by atoms with Gasteiger partial charge in [0, 0.05) is 23.0 Å². The molecule has 88 valence electrons. The lowest BCUT2D eigenvalue weighted by molar-refractivity contribution is 0.112. The zero-order valence-electron chi connectivity index (χ0n) is 10.4. The number of likely N-dealkylation sites (tertiary alicyclic amines) is 1. The third-order valence-corrected chi connectivity index (χ3v) is 3.70. The van der Waals surface area contributed by atoms with Crippen LogP contribution in [-0.2, 0) is 0 Å². The summed E-state index contributed by atoms with van der Waals surface area (Å²) < 4.78 is 2.34. The van der Waals surface area contributed by atoms with Gasteiger partial charge >= 0.3 is 0 Å². The predicted molar refractivity (Wildman–Crippen MR) is 65.1 cm³/mol. The SMILES string of the molecule is Cc1cc(C=O)c(C)n1C1CCN(C)CC1. The number of aryl methyl sites for hydroxylation is 1. The summed E-state index contributed by atoms with van der Waals surface area (Å²) in [5, 5.41) is 0. The van der Waals surface area contributed by atoms with Crippen molar-refractivity contribution in [1.29, 1.82) is 0 Å². The highest BCUT2D eigenvalue weighted by Gasteiger charge is 2.21. The molecule has 1 aromatic heterocycles. The first kappa shape index (κ1) is 11.4. The van der Waals surface area contributed by atoms with Crippen LogP contribution in [0.4, 0.5) is 0 Å². The maximum Gasteiger partial charge on any atom is 0.151 e. The fourth-order valence-corrected chi connectivity index (χ4v) is 2.74. The topological polar surface area (TPSA) is 25.2 Å².